The lowest BCUT2D eigenvalue weighted by Crippen LogP contribution is -2.19. The van der Waals surface area contributed by atoms with E-state index in [1.165, 1.54) is 36.0 Å². The average Bonchev–Trinajstić information content (AvgIpc) is 2.88. The van der Waals surface area contributed by atoms with Crippen molar-refractivity contribution in [3.05, 3.63) is 129 Å². The molecule has 0 aliphatic rings. The molecule has 0 fully saturated rings. The molecule has 1 unspecified atom stereocenters. The van der Waals surface area contributed by atoms with Crippen molar-refractivity contribution in [3.63, 3.8) is 0 Å². The van der Waals surface area contributed by atoms with Gasteiger partial charge in [0, 0.05) is 39.0 Å². The van der Waals surface area contributed by atoms with Crippen molar-refractivity contribution in [3.8, 4) is 0 Å². The molecule has 0 aromatic heterocycles. The summed E-state index contributed by atoms with van der Waals surface area (Å²) in [6.07, 6.45) is 0. The molecule has 0 saturated heterocycles. The number of carbonyl (C=O) groups excluding carboxylic acids is 2. The van der Waals surface area contributed by atoms with E-state index in [-0.39, 0.29) is 11.6 Å². The van der Waals surface area contributed by atoms with Gasteiger partial charge < -0.3 is 10.6 Å². The van der Waals surface area contributed by atoms with E-state index in [2.05, 4.69) is 10.6 Å². The fourth-order valence-electron chi connectivity index (χ4n) is 3.40. The SMILES string of the molecule is O=C(Nc1cccc(SC(C(=O)Nc2cccc(Cl)c2)c2ccccc2)c1)c1ccc([N+](=O)[O-])cc1. The van der Waals surface area contributed by atoms with Crippen LogP contribution in [0.5, 0.6) is 0 Å². The zero-order valence-corrected chi connectivity index (χ0v) is 20.3. The maximum atomic E-state index is 13.3. The zero-order valence-electron chi connectivity index (χ0n) is 18.8. The molecule has 1 atom stereocenters. The van der Waals surface area contributed by atoms with Gasteiger partial charge in [0.25, 0.3) is 11.6 Å². The number of anilines is 2. The third-order valence-electron chi connectivity index (χ3n) is 5.12. The number of rotatable bonds is 8. The number of halogens is 1. The number of nitro benzene ring substituents is 1. The number of hydrogen-bond acceptors (Lipinski definition) is 5. The van der Waals surface area contributed by atoms with Gasteiger partial charge in [-0.15, -0.1) is 11.8 Å². The predicted molar refractivity (Wildman–Crippen MR) is 143 cm³/mol. The van der Waals surface area contributed by atoms with E-state index < -0.39 is 16.1 Å². The lowest BCUT2D eigenvalue weighted by Gasteiger charge is -2.18. The van der Waals surface area contributed by atoms with Crippen molar-refractivity contribution in [2.75, 3.05) is 10.6 Å². The molecule has 2 amide bonds. The van der Waals surface area contributed by atoms with Crippen molar-refractivity contribution >= 4 is 52.2 Å². The molecule has 0 radical (unpaired) electrons. The van der Waals surface area contributed by atoms with Gasteiger partial charge in [0.1, 0.15) is 5.25 Å². The monoisotopic (exact) mass is 517 g/mol. The first-order valence-corrected chi connectivity index (χ1v) is 12.1. The van der Waals surface area contributed by atoms with Crippen LogP contribution in [0.15, 0.2) is 108 Å². The minimum absolute atomic E-state index is 0.0899. The molecule has 0 aliphatic heterocycles. The quantitative estimate of drug-likeness (QED) is 0.149. The summed E-state index contributed by atoms with van der Waals surface area (Å²) in [5.41, 5.74) is 2.15. The van der Waals surface area contributed by atoms with Crippen LogP contribution in [0.3, 0.4) is 0 Å². The Bertz CT molecular complexity index is 1400. The number of thioether (sulfide) groups is 1. The van der Waals surface area contributed by atoms with E-state index >= 15 is 0 Å². The van der Waals surface area contributed by atoms with Crippen molar-refractivity contribution < 1.29 is 14.5 Å². The van der Waals surface area contributed by atoms with Gasteiger partial charge in [-0.1, -0.05) is 54.1 Å². The van der Waals surface area contributed by atoms with E-state index in [1.54, 1.807) is 42.5 Å². The normalized spacial score (nSPS) is 11.4. The molecular formula is C27H20ClN3O4S. The van der Waals surface area contributed by atoms with E-state index in [9.17, 15) is 19.7 Å². The molecule has 9 heteroatoms. The molecule has 4 rings (SSSR count). The van der Waals surface area contributed by atoms with Crippen LogP contribution in [0.1, 0.15) is 21.2 Å². The lowest BCUT2D eigenvalue weighted by molar-refractivity contribution is -0.384. The topological polar surface area (TPSA) is 101 Å². The third-order valence-corrected chi connectivity index (χ3v) is 6.60. The predicted octanol–water partition coefficient (Wildman–Crippen LogP) is 6.97. The van der Waals surface area contributed by atoms with Gasteiger partial charge in [0.2, 0.25) is 5.91 Å². The van der Waals surface area contributed by atoms with Crippen LogP contribution in [0.2, 0.25) is 5.02 Å². The third kappa shape index (κ3) is 6.50. The lowest BCUT2D eigenvalue weighted by atomic mass is 10.1. The second-order valence-electron chi connectivity index (χ2n) is 7.69. The number of carbonyl (C=O) groups is 2. The van der Waals surface area contributed by atoms with Crippen LogP contribution in [0, 0.1) is 10.1 Å². The summed E-state index contributed by atoms with van der Waals surface area (Å²) in [5.74, 6) is -0.612. The second-order valence-corrected chi connectivity index (χ2v) is 9.31. The second kappa shape index (κ2) is 11.5. The number of nitro groups is 1. The number of non-ortho nitro benzene ring substituents is 1. The maximum absolute atomic E-state index is 13.3. The Morgan fingerprint density at radius 3 is 2.14 bits per heavy atom. The number of benzene rings is 4. The summed E-state index contributed by atoms with van der Waals surface area (Å²) >= 11 is 7.40. The van der Waals surface area contributed by atoms with Gasteiger partial charge in [0.05, 0.1) is 4.92 Å². The van der Waals surface area contributed by atoms with Gasteiger partial charge in [0.15, 0.2) is 0 Å². The summed E-state index contributed by atoms with van der Waals surface area (Å²) in [4.78, 5) is 37.0. The Kier molecular flexibility index (Phi) is 7.99. The highest BCUT2D eigenvalue weighted by molar-refractivity contribution is 8.00. The molecule has 0 saturated carbocycles. The van der Waals surface area contributed by atoms with E-state index in [0.29, 0.717) is 22.0 Å². The van der Waals surface area contributed by atoms with E-state index in [1.807, 2.05) is 36.4 Å². The zero-order chi connectivity index (χ0) is 25.5. The highest BCUT2D eigenvalue weighted by atomic mass is 35.5. The summed E-state index contributed by atoms with van der Waals surface area (Å²) < 4.78 is 0. The largest absolute Gasteiger partial charge is 0.325 e. The van der Waals surface area contributed by atoms with Crippen molar-refractivity contribution in [1.82, 2.24) is 0 Å². The van der Waals surface area contributed by atoms with Crippen molar-refractivity contribution in [1.29, 1.82) is 0 Å². The fourth-order valence-corrected chi connectivity index (χ4v) is 4.67. The first-order chi connectivity index (χ1) is 17.4. The van der Waals surface area contributed by atoms with Crippen LogP contribution in [-0.2, 0) is 4.79 Å². The smallest absolute Gasteiger partial charge is 0.269 e. The molecule has 36 heavy (non-hydrogen) atoms. The molecule has 4 aromatic rings. The number of nitrogens with zero attached hydrogens (tertiary/aromatic N) is 1. The van der Waals surface area contributed by atoms with Crippen LogP contribution in [0.4, 0.5) is 17.1 Å². The molecule has 0 bridgehead atoms. The first kappa shape index (κ1) is 25.0. The molecule has 2 N–H and O–H groups in total. The average molecular weight is 518 g/mol. The Hall–Kier alpha value is -4.14. The Morgan fingerprint density at radius 2 is 1.47 bits per heavy atom. The molecule has 0 spiro atoms. The molecular weight excluding hydrogens is 498 g/mol. The van der Waals surface area contributed by atoms with Gasteiger partial charge in [-0.25, -0.2) is 0 Å². The van der Waals surface area contributed by atoms with Crippen LogP contribution < -0.4 is 10.6 Å². The molecule has 180 valence electrons. The van der Waals surface area contributed by atoms with Crippen LogP contribution >= 0.6 is 23.4 Å². The van der Waals surface area contributed by atoms with Crippen LogP contribution in [0.25, 0.3) is 0 Å². The van der Waals surface area contributed by atoms with Crippen molar-refractivity contribution in [2.24, 2.45) is 0 Å². The van der Waals surface area contributed by atoms with Gasteiger partial charge in [-0.3, -0.25) is 19.7 Å². The van der Waals surface area contributed by atoms with E-state index in [4.69, 9.17) is 11.6 Å². The Morgan fingerprint density at radius 1 is 0.806 bits per heavy atom. The molecule has 7 nitrogen and oxygen atoms in total. The summed E-state index contributed by atoms with van der Waals surface area (Å²) in [7, 11) is 0. The first-order valence-electron chi connectivity index (χ1n) is 10.8. The Labute approximate surface area is 216 Å². The summed E-state index contributed by atoms with van der Waals surface area (Å²) in [6, 6.07) is 28.9. The van der Waals surface area contributed by atoms with Gasteiger partial charge >= 0.3 is 0 Å². The Balaban J connectivity index is 1.52. The highest BCUT2D eigenvalue weighted by Gasteiger charge is 2.22. The summed E-state index contributed by atoms with van der Waals surface area (Å²) in [6.45, 7) is 0. The van der Waals surface area contributed by atoms with Crippen molar-refractivity contribution in [2.45, 2.75) is 10.1 Å². The molecule has 0 aliphatic carbocycles. The maximum Gasteiger partial charge on any atom is 0.269 e. The summed E-state index contributed by atoms with van der Waals surface area (Å²) in [5, 5.41) is 16.5. The number of nitrogens with one attached hydrogen (secondary N) is 2. The highest BCUT2D eigenvalue weighted by Crippen LogP contribution is 2.37. The molecule has 4 aromatic carbocycles. The van der Waals surface area contributed by atoms with Gasteiger partial charge in [-0.05, 0) is 54.1 Å². The molecule has 0 heterocycles. The minimum atomic E-state index is -0.564. The van der Waals surface area contributed by atoms with E-state index in [0.717, 1.165) is 10.5 Å². The fraction of sp³-hybridized carbons (Fsp3) is 0.0370. The minimum Gasteiger partial charge on any atom is -0.325 e. The number of hydrogen-bond donors (Lipinski definition) is 2. The standard InChI is InChI=1S/C27H20ClN3O4S/c28-20-8-4-9-21(16-20)30-27(33)25(18-6-2-1-3-7-18)36-24-11-5-10-22(17-24)29-26(32)19-12-14-23(15-13-19)31(34)35/h1-17,25H,(H,29,32)(H,30,33). The number of amides is 2. The van der Waals surface area contributed by atoms with Gasteiger partial charge in [-0.2, -0.15) is 0 Å². The van der Waals surface area contributed by atoms with Crippen LogP contribution in [-0.4, -0.2) is 16.7 Å².